The number of amides is 1. The number of hydrogen-bond acceptors (Lipinski definition) is 4. The molecule has 0 saturated heterocycles. The van der Waals surface area contributed by atoms with E-state index in [1.807, 2.05) is 37.8 Å². The first-order chi connectivity index (χ1) is 13.4. The third-order valence-electron chi connectivity index (χ3n) is 4.64. The Morgan fingerprint density at radius 1 is 1.17 bits per heavy atom. The quantitative estimate of drug-likeness (QED) is 0.499. The first-order valence-electron chi connectivity index (χ1n) is 10.2. The van der Waals surface area contributed by atoms with Crippen LogP contribution >= 0.6 is 0 Å². The predicted molar refractivity (Wildman–Crippen MR) is 119 cm³/mol. The molecule has 1 heterocycles. The average molecular weight is 418 g/mol. The molecule has 0 radical (unpaired) electrons. The van der Waals surface area contributed by atoms with Crippen LogP contribution in [0.3, 0.4) is 0 Å². The first-order valence-corrected chi connectivity index (χ1v) is 13.7. The number of ether oxygens (including phenoxy) is 3. The van der Waals surface area contributed by atoms with Crippen molar-refractivity contribution in [1.29, 1.82) is 0 Å². The molecule has 160 valence electrons. The molecule has 1 aliphatic heterocycles. The van der Waals surface area contributed by atoms with E-state index in [2.05, 4.69) is 31.1 Å². The highest BCUT2D eigenvalue weighted by Gasteiger charge is 2.34. The summed E-state index contributed by atoms with van der Waals surface area (Å²) in [5.41, 5.74) is 5.17. The molecule has 0 N–H and O–H groups in total. The standard InChI is InChI=1S/C23H35NO4Si/c1-23(2,3)28-22(25)24-13-12-17-15-20(26-4)21(27-5)16-18(17)19(24)11-9-10-14-29(6,7)8/h15-16,19H,9,11-13H2,1-8H3. The Morgan fingerprint density at radius 3 is 2.34 bits per heavy atom. The van der Waals surface area contributed by atoms with Gasteiger partial charge in [-0.05, 0) is 56.9 Å². The van der Waals surface area contributed by atoms with Crippen LogP contribution in [0.1, 0.15) is 50.8 Å². The van der Waals surface area contributed by atoms with E-state index >= 15 is 0 Å². The molecule has 1 aromatic carbocycles. The minimum Gasteiger partial charge on any atom is -0.493 e. The average Bonchev–Trinajstić information content (AvgIpc) is 2.61. The molecule has 2 rings (SSSR count). The summed E-state index contributed by atoms with van der Waals surface area (Å²) in [6.07, 6.45) is 1.98. The summed E-state index contributed by atoms with van der Waals surface area (Å²) in [5, 5.41) is 0. The molecule has 0 bridgehead atoms. The lowest BCUT2D eigenvalue weighted by molar-refractivity contribution is 0.0133. The third kappa shape index (κ3) is 6.43. The van der Waals surface area contributed by atoms with Gasteiger partial charge >= 0.3 is 6.09 Å². The summed E-state index contributed by atoms with van der Waals surface area (Å²) in [5.74, 6) is 4.73. The fourth-order valence-electron chi connectivity index (χ4n) is 3.42. The van der Waals surface area contributed by atoms with E-state index in [-0.39, 0.29) is 12.1 Å². The van der Waals surface area contributed by atoms with Crippen LogP contribution in [0.15, 0.2) is 12.1 Å². The van der Waals surface area contributed by atoms with E-state index in [1.165, 1.54) is 5.56 Å². The highest BCUT2D eigenvalue weighted by atomic mass is 28.3. The second-order valence-corrected chi connectivity index (χ2v) is 14.2. The van der Waals surface area contributed by atoms with Gasteiger partial charge in [0.15, 0.2) is 11.5 Å². The highest BCUT2D eigenvalue weighted by Crippen LogP contribution is 2.40. The molecule has 5 nitrogen and oxygen atoms in total. The van der Waals surface area contributed by atoms with Crippen molar-refractivity contribution in [3.63, 3.8) is 0 Å². The molecule has 0 aliphatic carbocycles. The third-order valence-corrected chi connectivity index (χ3v) is 5.56. The second kappa shape index (κ2) is 9.13. The van der Waals surface area contributed by atoms with Crippen molar-refractivity contribution in [1.82, 2.24) is 4.90 Å². The van der Waals surface area contributed by atoms with Crippen molar-refractivity contribution < 1.29 is 19.0 Å². The molecule has 1 atom stereocenters. The highest BCUT2D eigenvalue weighted by molar-refractivity contribution is 6.83. The fourth-order valence-corrected chi connectivity index (χ4v) is 4.07. The van der Waals surface area contributed by atoms with Crippen molar-refractivity contribution in [3.8, 4) is 23.0 Å². The van der Waals surface area contributed by atoms with Crippen LogP contribution in [0.5, 0.6) is 11.5 Å². The molecule has 29 heavy (non-hydrogen) atoms. The van der Waals surface area contributed by atoms with Gasteiger partial charge in [-0.3, -0.25) is 0 Å². The lowest BCUT2D eigenvalue weighted by Crippen LogP contribution is -2.43. The minimum absolute atomic E-state index is 0.0932. The maximum absolute atomic E-state index is 12.9. The van der Waals surface area contributed by atoms with Crippen molar-refractivity contribution in [2.24, 2.45) is 0 Å². The molecule has 1 unspecified atom stereocenters. The van der Waals surface area contributed by atoms with Gasteiger partial charge in [-0.15, -0.1) is 11.5 Å². The smallest absolute Gasteiger partial charge is 0.410 e. The number of rotatable bonds is 4. The topological polar surface area (TPSA) is 48.0 Å². The number of methoxy groups -OCH3 is 2. The van der Waals surface area contributed by atoms with Gasteiger partial charge in [-0.25, -0.2) is 4.79 Å². The first kappa shape index (κ1) is 23.1. The molecule has 0 fully saturated rings. The van der Waals surface area contributed by atoms with Gasteiger partial charge in [-0.2, -0.15) is 0 Å². The van der Waals surface area contributed by atoms with Crippen molar-refractivity contribution in [2.75, 3.05) is 20.8 Å². The lowest BCUT2D eigenvalue weighted by Gasteiger charge is -2.38. The summed E-state index contributed by atoms with van der Waals surface area (Å²) in [4.78, 5) is 14.8. The number of nitrogens with zero attached hydrogens (tertiary/aromatic N) is 1. The molecule has 0 saturated carbocycles. The normalized spacial score (nSPS) is 16.4. The van der Waals surface area contributed by atoms with Crippen molar-refractivity contribution in [2.45, 2.75) is 71.3 Å². The van der Waals surface area contributed by atoms with Gasteiger partial charge in [0.2, 0.25) is 0 Å². The molecular formula is C23H35NO4Si. The maximum Gasteiger partial charge on any atom is 0.410 e. The van der Waals surface area contributed by atoms with Gasteiger partial charge in [-0.1, -0.05) is 19.6 Å². The van der Waals surface area contributed by atoms with Gasteiger partial charge in [0.1, 0.15) is 13.7 Å². The van der Waals surface area contributed by atoms with Gasteiger partial charge < -0.3 is 19.1 Å². The summed E-state index contributed by atoms with van der Waals surface area (Å²) in [7, 11) is 1.86. The Labute approximate surface area is 176 Å². The largest absolute Gasteiger partial charge is 0.493 e. The van der Waals surface area contributed by atoms with Crippen molar-refractivity contribution >= 4 is 14.2 Å². The van der Waals surface area contributed by atoms with Crippen molar-refractivity contribution in [3.05, 3.63) is 23.3 Å². The zero-order valence-corrected chi connectivity index (χ0v) is 20.1. The lowest BCUT2D eigenvalue weighted by atomic mass is 9.89. The maximum atomic E-state index is 12.9. The predicted octanol–water partition coefficient (Wildman–Crippen LogP) is 5.20. The Hall–Kier alpha value is -2.13. The SMILES string of the molecule is COc1cc2c(cc1OC)C(CCC#C[Si](C)(C)C)N(C(=O)OC(C)(C)C)CC2. The summed E-state index contributed by atoms with van der Waals surface area (Å²) in [6, 6.07) is 3.94. The Morgan fingerprint density at radius 2 is 1.79 bits per heavy atom. The molecule has 1 aliphatic rings. The number of fused-ring (bicyclic) bond motifs is 1. The molecule has 6 heteroatoms. The number of carbonyl (C=O) groups is 1. The van der Waals surface area contributed by atoms with Crippen LogP contribution in [0.25, 0.3) is 0 Å². The zero-order chi connectivity index (χ0) is 21.8. The van der Waals surface area contributed by atoms with Crippen LogP contribution in [-0.4, -0.2) is 45.4 Å². The van der Waals surface area contributed by atoms with E-state index in [0.717, 1.165) is 24.8 Å². The molecule has 0 spiro atoms. The van der Waals surface area contributed by atoms with Crippen LogP contribution in [-0.2, 0) is 11.2 Å². The fraction of sp³-hybridized carbons (Fsp3) is 0.609. The Balaban J connectivity index is 2.38. The zero-order valence-electron chi connectivity index (χ0n) is 19.1. The van der Waals surface area contributed by atoms with Gasteiger partial charge in [0.25, 0.3) is 0 Å². The van der Waals surface area contributed by atoms with Crippen LogP contribution in [0, 0.1) is 11.5 Å². The molecule has 1 amide bonds. The number of carbonyl (C=O) groups excluding carboxylic acids is 1. The van der Waals surface area contributed by atoms with Crippen LogP contribution in [0.2, 0.25) is 19.6 Å². The minimum atomic E-state index is -1.42. The Kier molecular flexibility index (Phi) is 7.28. The molecule has 0 aromatic heterocycles. The van der Waals surface area contributed by atoms with Crippen LogP contribution in [0.4, 0.5) is 4.79 Å². The van der Waals surface area contributed by atoms with E-state index in [1.54, 1.807) is 14.2 Å². The van der Waals surface area contributed by atoms with Gasteiger partial charge in [0, 0.05) is 13.0 Å². The van der Waals surface area contributed by atoms with E-state index in [0.29, 0.717) is 18.0 Å². The molecule has 1 aromatic rings. The summed E-state index contributed by atoms with van der Waals surface area (Å²) < 4.78 is 16.7. The number of benzene rings is 1. The summed E-state index contributed by atoms with van der Waals surface area (Å²) >= 11 is 0. The monoisotopic (exact) mass is 417 g/mol. The number of hydrogen-bond donors (Lipinski definition) is 0. The summed E-state index contributed by atoms with van der Waals surface area (Å²) in [6.45, 7) is 13.0. The van der Waals surface area contributed by atoms with E-state index in [9.17, 15) is 4.79 Å². The molecular weight excluding hydrogens is 382 g/mol. The second-order valence-electron chi connectivity index (χ2n) is 9.44. The Bertz CT molecular complexity index is 796. The van der Waals surface area contributed by atoms with E-state index in [4.69, 9.17) is 14.2 Å². The van der Waals surface area contributed by atoms with Gasteiger partial charge in [0.05, 0.1) is 20.3 Å². The van der Waals surface area contributed by atoms with Crippen LogP contribution < -0.4 is 9.47 Å². The van der Waals surface area contributed by atoms with E-state index < -0.39 is 13.7 Å².